The topological polar surface area (TPSA) is 30.0 Å². The monoisotopic (exact) mass is 205 g/mol. The molecule has 0 aromatic carbocycles. The zero-order chi connectivity index (χ0) is 9.84. The van der Waals surface area contributed by atoms with Crippen molar-refractivity contribution in [3.8, 4) is 0 Å². The average Bonchev–Trinajstić information content (AvgIpc) is 2.08. The lowest BCUT2D eigenvalue weighted by Crippen LogP contribution is -2.13. The normalized spacial score (nSPS) is 10.5. The summed E-state index contributed by atoms with van der Waals surface area (Å²) in [6.45, 7) is 0. The second-order valence-electron chi connectivity index (χ2n) is 2.41. The molecule has 0 aliphatic heterocycles. The van der Waals surface area contributed by atoms with E-state index in [9.17, 15) is 13.6 Å². The number of carbonyl (C=O) groups is 1. The van der Waals surface area contributed by atoms with E-state index in [1.807, 2.05) is 0 Å². The molecule has 0 saturated carbocycles. The summed E-state index contributed by atoms with van der Waals surface area (Å²) in [4.78, 5) is 14.3. The maximum absolute atomic E-state index is 11.8. The van der Waals surface area contributed by atoms with Crippen molar-refractivity contribution in [1.82, 2.24) is 4.98 Å². The van der Waals surface area contributed by atoms with Crippen molar-refractivity contribution in [3.05, 3.63) is 29.0 Å². The van der Waals surface area contributed by atoms with Crippen LogP contribution in [0.1, 0.15) is 5.56 Å². The molecule has 0 amide bonds. The molecule has 0 spiro atoms. The van der Waals surface area contributed by atoms with Gasteiger partial charge in [-0.3, -0.25) is 9.78 Å². The summed E-state index contributed by atoms with van der Waals surface area (Å²) in [5, 5.41) is 0.233. The van der Waals surface area contributed by atoms with Crippen molar-refractivity contribution >= 4 is 17.4 Å². The minimum absolute atomic E-state index is 0.233. The van der Waals surface area contributed by atoms with Gasteiger partial charge in [0.05, 0.1) is 5.02 Å². The number of halogens is 3. The Bertz CT molecular complexity index is 317. The molecule has 0 N–H and O–H groups in total. The first-order valence-corrected chi connectivity index (χ1v) is 3.88. The smallest absolute Gasteiger partial charge is 0.293 e. The molecule has 1 aromatic rings. The molecular formula is C8H6ClF2NO. The van der Waals surface area contributed by atoms with E-state index >= 15 is 0 Å². The van der Waals surface area contributed by atoms with Crippen molar-refractivity contribution < 1.29 is 13.6 Å². The third kappa shape index (κ3) is 2.73. The third-order valence-corrected chi connectivity index (χ3v) is 1.80. The fourth-order valence-corrected chi connectivity index (χ4v) is 0.998. The fraction of sp³-hybridized carbons (Fsp3) is 0.250. The van der Waals surface area contributed by atoms with Crippen LogP contribution in [0.2, 0.25) is 5.02 Å². The van der Waals surface area contributed by atoms with Gasteiger partial charge in [-0.1, -0.05) is 11.6 Å². The zero-order valence-electron chi connectivity index (χ0n) is 6.51. The zero-order valence-corrected chi connectivity index (χ0v) is 7.26. The van der Waals surface area contributed by atoms with Gasteiger partial charge in [0.15, 0.2) is 0 Å². The first-order chi connectivity index (χ1) is 6.11. The summed E-state index contributed by atoms with van der Waals surface area (Å²) in [6, 6.07) is 1.45. The predicted molar refractivity (Wildman–Crippen MR) is 44.0 cm³/mol. The first kappa shape index (κ1) is 10.1. The highest BCUT2D eigenvalue weighted by Gasteiger charge is 2.16. The lowest BCUT2D eigenvalue weighted by Gasteiger charge is -2.01. The van der Waals surface area contributed by atoms with Crippen LogP contribution in [0.4, 0.5) is 8.78 Å². The lowest BCUT2D eigenvalue weighted by atomic mass is 10.1. The van der Waals surface area contributed by atoms with Crippen molar-refractivity contribution in [2.75, 3.05) is 0 Å². The van der Waals surface area contributed by atoms with E-state index < -0.39 is 12.2 Å². The summed E-state index contributed by atoms with van der Waals surface area (Å²) in [6.07, 6.45) is -0.571. The van der Waals surface area contributed by atoms with Gasteiger partial charge in [0, 0.05) is 18.8 Å². The minimum Gasteiger partial charge on any atom is -0.293 e. The second kappa shape index (κ2) is 4.28. The van der Waals surface area contributed by atoms with E-state index in [2.05, 4.69) is 4.98 Å². The Morgan fingerprint density at radius 3 is 2.85 bits per heavy atom. The standard InChI is InChI=1S/C8H6ClF2NO/c9-6-4-12-2-1-5(6)3-7(13)8(10)11/h1-2,4,8H,3H2. The van der Waals surface area contributed by atoms with Gasteiger partial charge in [0.2, 0.25) is 5.78 Å². The van der Waals surface area contributed by atoms with Gasteiger partial charge >= 0.3 is 0 Å². The molecule has 0 aliphatic rings. The molecular weight excluding hydrogens is 200 g/mol. The van der Waals surface area contributed by atoms with Gasteiger partial charge in [0.1, 0.15) is 0 Å². The number of ketones is 1. The predicted octanol–water partition coefficient (Wildman–Crippen LogP) is 2.11. The Labute approximate surface area is 78.5 Å². The number of pyridine rings is 1. The van der Waals surface area contributed by atoms with E-state index in [0.717, 1.165) is 0 Å². The van der Waals surface area contributed by atoms with Crippen LogP contribution < -0.4 is 0 Å². The van der Waals surface area contributed by atoms with Crippen molar-refractivity contribution in [3.63, 3.8) is 0 Å². The van der Waals surface area contributed by atoms with Crippen LogP contribution in [0, 0.1) is 0 Å². The third-order valence-electron chi connectivity index (χ3n) is 1.46. The van der Waals surface area contributed by atoms with Gasteiger partial charge in [-0.25, -0.2) is 8.78 Å². The molecule has 0 bridgehead atoms. The number of alkyl halides is 2. The summed E-state index contributed by atoms with van der Waals surface area (Å²) >= 11 is 5.61. The van der Waals surface area contributed by atoms with Crippen molar-refractivity contribution in [2.24, 2.45) is 0 Å². The van der Waals surface area contributed by atoms with E-state index in [4.69, 9.17) is 11.6 Å². The number of hydrogen-bond donors (Lipinski definition) is 0. The molecule has 2 nitrogen and oxygen atoms in total. The molecule has 0 fully saturated rings. The molecule has 1 rings (SSSR count). The lowest BCUT2D eigenvalue weighted by molar-refractivity contribution is -0.128. The van der Waals surface area contributed by atoms with Crippen molar-refractivity contribution in [2.45, 2.75) is 12.8 Å². The highest BCUT2D eigenvalue weighted by molar-refractivity contribution is 6.31. The quantitative estimate of drug-likeness (QED) is 0.757. The van der Waals surface area contributed by atoms with E-state index in [-0.39, 0.29) is 11.4 Å². The first-order valence-electron chi connectivity index (χ1n) is 3.50. The summed E-state index contributed by atoms with van der Waals surface area (Å²) in [7, 11) is 0. The number of hydrogen-bond acceptors (Lipinski definition) is 2. The Hall–Kier alpha value is -1.03. The largest absolute Gasteiger partial charge is 0.296 e. The number of rotatable bonds is 3. The molecule has 5 heteroatoms. The van der Waals surface area contributed by atoms with E-state index in [1.54, 1.807) is 0 Å². The van der Waals surface area contributed by atoms with Gasteiger partial charge in [-0.05, 0) is 11.6 Å². The van der Waals surface area contributed by atoms with Crippen LogP contribution in [0.5, 0.6) is 0 Å². The second-order valence-corrected chi connectivity index (χ2v) is 2.82. The van der Waals surface area contributed by atoms with Gasteiger partial charge in [0.25, 0.3) is 6.43 Å². The number of carbonyl (C=O) groups excluding carboxylic acids is 1. The average molecular weight is 206 g/mol. The van der Waals surface area contributed by atoms with Crippen LogP contribution >= 0.6 is 11.6 Å². The Morgan fingerprint density at radius 1 is 1.62 bits per heavy atom. The summed E-state index contributed by atoms with van der Waals surface area (Å²) in [5.41, 5.74) is 0.377. The number of Topliss-reactive ketones (excluding diaryl/α,β-unsaturated/α-hetero) is 1. The molecule has 0 atom stereocenters. The molecule has 1 heterocycles. The summed E-state index contributed by atoms with van der Waals surface area (Å²) in [5.74, 6) is -1.13. The molecule has 0 aliphatic carbocycles. The van der Waals surface area contributed by atoms with E-state index in [0.29, 0.717) is 5.56 Å². The molecule has 13 heavy (non-hydrogen) atoms. The summed E-state index contributed by atoms with van der Waals surface area (Å²) < 4.78 is 23.7. The Kier molecular flexibility index (Phi) is 3.31. The van der Waals surface area contributed by atoms with E-state index in [1.165, 1.54) is 18.5 Å². The molecule has 0 saturated heterocycles. The maximum atomic E-state index is 11.8. The minimum atomic E-state index is -2.94. The highest BCUT2D eigenvalue weighted by atomic mass is 35.5. The van der Waals surface area contributed by atoms with Gasteiger partial charge in [-0.15, -0.1) is 0 Å². The molecule has 0 unspecified atom stereocenters. The van der Waals surface area contributed by atoms with Gasteiger partial charge in [-0.2, -0.15) is 0 Å². The molecule has 1 aromatic heterocycles. The molecule has 70 valence electrons. The maximum Gasteiger partial charge on any atom is 0.296 e. The van der Waals surface area contributed by atoms with Crippen LogP contribution in [-0.2, 0) is 11.2 Å². The number of nitrogens with zero attached hydrogens (tertiary/aromatic N) is 1. The van der Waals surface area contributed by atoms with Crippen LogP contribution in [0.25, 0.3) is 0 Å². The molecule has 0 radical (unpaired) electrons. The van der Waals surface area contributed by atoms with Crippen LogP contribution in [0.3, 0.4) is 0 Å². The Balaban J connectivity index is 2.75. The van der Waals surface area contributed by atoms with Gasteiger partial charge < -0.3 is 0 Å². The fourth-order valence-electron chi connectivity index (χ4n) is 0.812. The number of aromatic nitrogens is 1. The Morgan fingerprint density at radius 2 is 2.31 bits per heavy atom. The SMILES string of the molecule is O=C(Cc1ccncc1Cl)C(F)F. The highest BCUT2D eigenvalue weighted by Crippen LogP contribution is 2.15. The van der Waals surface area contributed by atoms with Crippen molar-refractivity contribution in [1.29, 1.82) is 0 Å². The van der Waals surface area contributed by atoms with Crippen LogP contribution in [-0.4, -0.2) is 17.2 Å². The van der Waals surface area contributed by atoms with Crippen LogP contribution in [0.15, 0.2) is 18.5 Å².